The molecule has 4 nitrogen and oxygen atoms in total. The molecule has 0 aliphatic carbocycles. The average molecular weight is 244 g/mol. The smallest absolute Gasteiger partial charge is 0.0710 e. The summed E-state index contributed by atoms with van der Waals surface area (Å²) in [5.41, 5.74) is 0. The first-order chi connectivity index (χ1) is 8.36. The summed E-state index contributed by atoms with van der Waals surface area (Å²) in [6, 6.07) is 0. The van der Waals surface area contributed by atoms with Gasteiger partial charge in [-0.1, -0.05) is 0 Å². The van der Waals surface area contributed by atoms with E-state index in [0.717, 1.165) is 45.8 Å². The number of likely N-dealkylation sites (tertiary alicyclic amines) is 1. The van der Waals surface area contributed by atoms with E-state index in [1.54, 1.807) is 0 Å². The number of ether oxygens (including phenoxy) is 2. The SMILES string of the molecule is CCOCCCCNCCN1CCC(OC)C1. The topological polar surface area (TPSA) is 33.7 Å². The van der Waals surface area contributed by atoms with Gasteiger partial charge in [-0.15, -0.1) is 0 Å². The number of hydrogen-bond donors (Lipinski definition) is 1. The van der Waals surface area contributed by atoms with Crippen LogP contribution in [0.1, 0.15) is 26.2 Å². The first-order valence-electron chi connectivity index (χ1n) is 6.90. The van der Waals surface area contributed by atoms with E-state index in [0.29, 0.717) is 6.10 Å². The van der Waals surface area contributed by atoms with Crippen LogP contribution in [0.15, 0.2) is 0 Å². The molecule has 0 radical (unpaired) electrons. The van der Waals surface area contributed by atoms with Gasteiger partial charge >= 0.3 is 0 Å². The molecular weight excluding hydrogens is 216 g/mol. The minimum absolute atomic E-state index is 0.459. The van der Waals surface area contributed by atoms with Gasteiger partial charge in [-0.2, -0.15) is 0 Å². The molecule has 0 aromatic heterocycles. The number of unbranched alkanes of at least 4 members (excludes halogenated alkanes) is 1. The van der Waals surface area contributed by atoms with E-state index >= 15 is 0 Å². The van der Waals surface area contributed by atoms with Crippen LogP contribution in [0.2, 0.25) is 0 Å². The van der Waals surface area contributed by atoms with Crippen LogP contribution < -0.4 is 5.32 Å². The van der Waals surface area contributed by atoms with Crippen LogP contribution in [-0.2, 0) is 9.47 Å². The van der Waals surface area contributed by atoms with E-state index in [-0.39, 0.29) is 0 Å². The zero-order valence-electron chi connectivity index (χ0n) is 11.4. The van der Waals surface area contributed by atoms with Crippen molar-refractivity contribution in [2.75, 3.05) is 53.0 Å². The molecule has 0 saturated carbocycles. The highest BCUT2D eigenvalue weighted by Crippen LogP contribution is 2.10. The first-order valence-corrected chi connectivity index (χ1v) is 6.90. The lowest BCUT2D eigenvalue weighted by Gasteiger charge is -2.15. The average Bonchev–Trinajstić information content (AvgIpc) is 2.80. The van der Waals surface area contributed by atoms with Crippen LogP contribution in [0.3, 0.4) is 0 Å². The third-order valence-electron chi connectivity index (χ3n) is 3.26. The highest BCUT2D eigenvalue weighted by atomic mass is 16.5. The Morgan fingerprint density at radius 3 is 2.88 bits per heavy atom. The van der Waals surface area contributed by atoms with Crippen LogP contribution in [0.4, 0.5) is 0 Å². The highest BCUT2D eigenvalue weighted by Gasteiger charge is 2.20. The minimum Gasteiger partial charge on any atom is -0.382 e. The summed E-state index contributed by atoms with van der Waals surface area (Å²) in [6.45, 7) is 9.41. The predicted molar refractivity (Wildman–Crippen MR) is 70.5 cm³/mol. The summed E-state index contributed by atoms with van der Waals surface area (Å²) in [5.74, 6) is 0. The van der Waals surface area contributed by atoms with Gasteiger partial charge in [-0.25, -0.2) is 0 Å². The maximum absolute atomic E-state index is 5.35. The van der Waals surface area contributed by atoms with Crippen LogP contribution in [-0.4, -0.2) is 64.1 Å². The number of nitrogens with zero attached hydrogens (tertiary/aromatic N) is 1. The zero-order valence-corrected chi connectivity index (χ0v) is 11.4. The number of hydrogen-bond acceptors (Lipinski definition) is 4. The molecule has 17 heavy (non-hydrogen) atoms. The van der Waals surface area contributed by atoms with Crippen molar-refractivity contribution >= 4 is 0 Å². The summed E-state index contributed by atoms with van der Waals surface area (Å²) in [6.07, 6.45) is 4.02. The Labute approximate surface area is 106 Å². The Morgan fingerprint density at radius 1 is 1.29 bits per heavy atom. The Bertz CT molecular complexity index is 179. The van der Waals surface area contributed by atoms with E-state index < -0.39 is 0 Å². The van der Waals surface area contributed by atoms with E-state index in [4.69, 9.17) is 9.47 Å². The summed E-state index contributed by atoms with van der Waals surface area (Å²) in [5, 5.41) is 3.48. The van der Waals surface area contributed by atoms with E-state index in [1.807, 2.05) is 14.0 Å². The number of nitrogens with one attached hydrogen (secondary N) is 1. The lowest BCUT2D eigenvalue weighted by molar-refractivity contribution is 0.108. The van der Waals surface area contributed by atoms with Gasteiger partial charge in [0.15, 0.2) is 0 Å². The second kappa shape index (κ2) is 9.83. The van der Waals surface area contributed by atoms with E-state index in [1.165, 1.54) is 19.4 Å². The van der Waals surface area contributed by atoms with Crippen molar-refractivity contribution in [3.8, 4) is 0 Å². The normalized spacial score (nSPS) is 21.2. The molecule has 1 heterocycles. The predicted octanol–water partition coefficient (Wildman–Crippen LogP) is 1.11. The van der Waals surface area contributed by atoms with Crippen LogP contribution in [0.5, 0.6) is 0 Å². The molecule has 1 fully saturated rings. The molecule has 1 unspecified atom stereocenters. The van der Waals surface area contributed by atoms with Crippen molar-refractivity contribution in [1.82, 2.24) is 10.2 Å². The summed E-state index contributed by atoms with van der Waals surface area (Å²) < 4.78 is 10.6. The Kier molecular flexibility index (Phi) is 8.61. The molecule has 1 N–H and O–H groups in total. The molecular formula is C13H28N2O2. The quantitative estimate of drug-likeness (QED) is 0.584. The Morgan fingerprint density at radius 2 is 2.18 bits per heavy atom. The second-order valence-corrected chi connectivity index (χ2v) is 4.60. The summed E-state index contributed by atoms with van der Waals surface area (Å²) >= 11 is 0. The van der Waals surface area contributed by atoms with Crippen molar-refractivity contribution in [2.24, 2.45) is 0 Å². The largest absolute Gasteiger partial charge is 0.382 e. The van der Waals surface area contributed by atoms with Gasteiger partial charge < -0.3 is 14.8 Å². The Hall–Kier alpha value is -0.160. The minimum atomic E-state index is 0.459. The van der Waals surface area contributed by atoms with E-state index in [9.17, 15) is 0 Å². The van der Waals surface area contributed by atoms with Crippen molar-refractivity contribution in [3.63, 3.8) is 0 Å². The summed E-state index contributed by atoms with van der Waals surface area (Å²) in [7, 11) is 1.81. The molecule has 102 valence electrons. The molecule has 4 heteroatoms. The fourth-order valence-electron chi connectivity index (χ4n) is 2.15. The van der Waals surface area contributed by atoms with Crippen molar-refractivity contribution in [2.45, 2.75) is 32.3 Å². The van der Waals surface area contributed by atoms with Gasteiger partial charge in [0.05, 0.1) is 6.10 Å². The van der Waals surface area contributed by atoms with Gasteiger partial charge in [0.1, 0.15) is 0 Å². The maximum atomic E-state index is 5.35. The molecule has 1 atom stereocenters. The van der Waals surface area contributed by atoms with Gasteiger partial charge in [-0.05, 0) is 32.7 Å². The standard InChI is InChI=1S/C13H28N2O2/c1-3-17-11-5-4-7-14-8-10-15-9-6-13(12-15)16-2/h13-14H,3-12H2,1-2H3. The Balaban J connectivity index is 1.81. The maximum Gasteiger partial charge on any atom is 0.0710 e. The molecule has 1 aliphatic rings. The fraction of sp³-hybridized carbons (Fsp3) is 1.00. The van der Waals surface area contributed by atoms with Crippen LogP contribution >= 0.6 is 0 Å². The molecule has 0 amide bonds. The van der Waals surface area contributed by atoms with Crippen molar-refractivity contribution < 1.29 is 9.47 Å². The van der Waals surface area contributed by atoms with Gasteiger partial charge in [0.2, 0.25) is 0 Å². The van der Waals surface area contributed by atoms with Crippen molar-refractivity contribution in [3.05, 3.63) is 0 Å². The second-order valence-electron chi connectivity index (χ2n) is 4.60. The molecule has 1 aliphatic heterocycles. The zero-order chi connectivity index (χ0) is 12.3. The van der Waals surface area contributed by atoms with Gasteiger partial charge in [0, 0.05) is 46.5 Å². The molecule has 0 aromatic rings. The van der Waals surface area contributed by atoms with E-state index in [2.05, 4.69) is 10.2 Å². The molecule has 0 bridgehead atoms. The van der Waals surface area contributed by atoms with Crippen LogP contribution in [0.25, 0.3) is 0 Å². The van der Waals surface area contributed by atoms with Crippen LogP contribution in [0, 0.1) is 0 Å². The summed E-state index contributed by atoms with van der Waals surface area (Å²) in [4.78, 5) is 2.47. The lowest BCUT2D eigenvalue weighted by atomic mass is 10.3. The monoisotopic (exact) mass is 244 g/mol. The molecule has 1 saturated heterocycles. The molecule has 0 spiro atoms. The third-order valence-corrected chi connectivity index (χ3v) is 3.26. The first kappa shape index (κ1) is 14.9. The number of methoxy groups -OCH3 is 1. The van der Waals surface area contributed by atoms with Gasteiger partial charge in [0.25, 0.3) is 0 Å². The van der Waals surface area contributed by atoms with Crippen molar-refractivity contribution in [1.29, 1.82) is 0 Å². The number of rotatable bonds is 10. The fourth-order valence-corrected chi connectivity index (χ4v) is 2.15. The third kappa shape index (κ3) is 6.99. The highest BCUT2D eigenvalue weighted by molar-refractivity contribution is 4.75. The molecule has 0 aromatic carbocycles. The van der Waals surface area contributed by atoms with Gasteiger partial charge in [-0.3, -0.25) is 4.90 Å². The molecule has 1 rings (SSSR count). The lowest BCUT2D eigenvalue weighted by Crippen LogP contribution is -2.31.